The van der Waals surface area contributed by atoms with E-state index in [-0.39, 0.29) is 11.3 Å². The van der Waals surface area contributed by atoms with Gasteiger partial charge in [-0.1, -0.05) is 24.3 Å². The van der Waals surface area contributed by atoms with Gasteiger partial charge >= 0.3 is 5.97 Å². The molecule has 0 bridgehead atoms. The van der Waals surface area contributed by atoms with Crippen LogP contribution in [0.15, 0.2) is 66.7 Å². The van der Waals surface area contributed by atoms with Crippen molar-refractivity contribution in [3.63, 3.8) is 0 Å². The normalized spacial score (nSPS) is 10.0. The van der Waals surface area contributed by atoms with Gasteiger partial charge in [-0.15, -0.1) is 0 Å². The monoisotopic (exact) mass is 389 g/mol. The molecule has 3 rings (SSSR count). The second kappa shape index (κ2) is 7.98. The summed E-state index contributed by atoms with van der Waals surface area (Å²) in [6.07, 6.45) is 0. The summed E-state index contributed by atoms with van der Waals surface area (Å²) < 4.78 is 5.17. The number of non-ortho nitro benzene ring substituents is 2. The van der Waals surface area contributed by atoms with E-state index >= 15 is 0 Å². The highest BCUT2D eigenvalue weighted by molar-refractivity contribution is 5.92. The fourth-order valence-electron chi connectivity index (χ4n) is 2.54. The predicted molar refractivity (Wildman–Crippen MR) is 101 cm³/mol. The van der Waals surface area contributed by atoms with E-state index in [0.717, 1.165) is 29.3 Å². The van der Waals surface area contributed by atoms with Crippen LogP contribution in [0.2, 0.25) is 0 Å². The Morgan fingerprint density at radius 3 is 1.76 bits per heavy atom. The van der Waals surface area contributed by atoms with E-state index in [4.69, 9.17) is 10.00 Å². The molecule has 0 radical (unpaired) electrons. The number of nitrogens with zero attached hydrogens (tertiary/aromatic N) is 3. The van der Waals surface area contributed by atoms with Gasteiger partial charge in [-0.25, -0.2) is 4.79 Å². The first kappa shape index (κ1) is 19.2. The van der Waals surface area contributed by atoms with Crippen molar-refractivity contribution >= 4 is 17.3 Å². The van der Waals surface area contributed by atoms with E-state index in [1.807, 2.05) is 6.07 Å². The first-order chi connectivity index (χ1) is 13.9. The molecule has 0 atom stereocenters. The van der Waals surface area contributed by atoms with E-state index in [1.54, 1.807) is 36.4 Å². The molecule has 3 aromatic carbocycles. The van der Waals surface area contributed by atoms with Crippen molar-refractivity contribution < 1.29 is 19.4 Å². The number of esters is 1. The number of nitro benzene ring substituents is 2. The molecule has 0 unspecified atom stereocenters. The predicted octanol–water partition coefficient (Wildman–Crippen LogP) is 4.26. The van der Waals surface area contributed by atoms with Crippen molar-refractivity contribution in [1.29, 1.82) is 5.26 Å². The van der Waals surface area contributed by atoms with Crippen molar-refractivity contribution in [2.45, 2.75) is 0 Å². The van der Waals surface area contributed by atoms with Crippen LogP contribution in [0.5, 0.6) is 5.75 Å². The molecule has 142 valence electrons. The first-order valence-corrected chi connectivity index (χ1v) is 8.14. The topological polar surface area (TPSA) is 136 Å². The zero-order chi connectivity index (χ0) is 21.0. The number of nitro groups is 2. The summed E-state index contributed by atoms with van der Waals surface area (Å²) in [5, 5.41) is 30.7. The van der Waals surface area contributed by atoms with Crippen molar-refractivity contribution in [2.24, 2.45) is 0 Å². The number of hydrogen-bond donors (Lipinski definition) is 0. The molecule has 0 fully saturated rings. The van der Waals surface area contributed by atoms with Gasteiger partial charge in [-0.05, 0) is 35.4 Å². The number of benzene rings is 3. The summed E-state index contributed by atoms with van der Waals surface area (Å²) in [5.74, 6) is -0.788. The van der Waals surface area contributed by atoms with E-state index in [0.29, 0.717) is 5.56 Å². The average molecular weight is 389 g/mol. The minimum atomic E-state index is -0.956. The summed E-state index contributed by atoms with van der Waals surface area (Å²) in [4.78, 5) is 32.5. The zero-order valence-corrected chi connectivity index (χ0v) is 14.6. The van der Waals surface area contributed by atoms with Crippen LogP contribution in [0.3, 0.4) is 0 Å². The van der Waals surface area contributed by atoms with Gasteiger partial charge in [-0.2, -0.15) is 5.26 Å². The lowest BCUT2D eigenvalue weighted by Crippen LogP contribution is -2.09. The average Bonchev–Trinajstić information content (AvgIpc) is 2.74. The summed E-state index contributed by atoms with van der Waals surface area (Å²) in [6, 6.07) is 18.0. The molecule has 29 heavy (non-hydrogen) atoms. The highest BCUT2D eigenvalue weighted by Gasteiger charge is 2.21. The van der Waals surface area contributed by atoms with Gasteiger partial charge in [0.15, 0.2) is 0 Å². The quantitative estimate of drug-likeness (QED) is 0.275. The summed E-state index contributed by atoms with van der Waals surface area (Å²) in [6.45, 7) is 0. The Morgan fingerprint density at radius 2 is 1.31 bits per heavy atom. The lowest BCUT2D eigenvalue weighted by molar-refractivity contribution is -0.394. The highest BCUT2D eigenvalue weighted by atomic mass is 16.6. The van der Waals surface area contributed by atoms with Crippen molar-refractivity contribution in [1.82, 2.24) is 0 Å². The molecule has 0 aliphatic carbocycles. The molecular formula is C20H11N3O6. The van der Waals surface area contributed by atoms with Crippen molar-refractivity contribution in [2.75, 3.05) is 0 Å². The van der Waals surface area contributed by atoms with Crippen LogP contribution in [0, 0.1) is 31.6 Å². The van der Waals surface area contributed by atoms with Gasteiger partial charge in [0.1, 0.15) is 5.75 Å². The van der Waals surface area contributed by atoms with Crippen LogP contribution in [0.1, 0.15) is 15.9 Å². The molecule has 0 saturated carbocycles. The van der Waals surface area contributed by atoms with Crippen molar-refractivity contribution in [3.05, 3.63) is 98.1 Å². The molecular weight excluding hydrogens is 378 g/mol. The van der Waals surface area contributed by atoms with Crippen molar-refractivity contribution in [3.8, 4) is 22.9 Å². The zero-order valence-electron chi connectivity index (χ0n) is 14.6. The Bertz CT molecular complexity index is 1120. The number of hydrogen-bond acceptors (Lipinski definition) is 7. The van der Waals surface area contributed by atoms with Gasteiger partial charge in [0, 0.05) is 12.1 Å². The minimum absolute atomic E-state index is 0.168. The number of rotatable bonds is 5. The Morgan fingerprint density at radius 1 is 0.828 bits per heavy atom. The molecule has 9 heteroatoms. The third-order valence-electron chi connectivity index (χ3n) is 3.97. The van der Waals surface area contributed by atoms with Gasteiger partial charge in [0.05, 0.1) is 33.1 Å². The minimum Gasteiger partial charge on any atom is -0.423 e. The van der Waals surface area contributed by atoms with Crippen LogP contribution >= 0.6 is 0 Å². The van der Waals surface area contributed by atoms with E-state index in [2.05, 4.69) is 0 Å². The third-order valence-corrected chi connectivity index (χ3v) is 3.97. The molecule has 0 amide bonds. The van der Waals surface area contributed by atoms with Gasteiger partial charge in [0.25, 0.3) is 11.4 Å². The Hall–Kier alpha value is -4.58. The Balaban J connectivity index is 1.81. The molecule has 9 nitrogen and oxygen atoms in total. The number of carbonyl (C=O) groups is 1. The number of carbonyl (C=O) groups excluding carboxylic acids is 1. The van der Waals surface area contributed by atoms with Crippen LogP contribution in [-0.4, -0.2) is 15.8 Å². The summed E-state index contributed by atoms with van der Waals surface area (Å²) in [5.41, 5.74) is 0.744. The van der Waals surface area contributed by atoms with Crippen LogP contribution < -0.4 is 4.74 Å². The number of nitriles is 1. The van der Waals surface area contributed by atoms with E-state index < -0.39 is 27.2 Å². The van der Waals surface area contributed by atoms with Gasteiger partial charge < -0.3 is 4.74 Å². The lowest BCUT2D eigenvalue weighted by atomic mass is 10.0. The maximum absolute atomic E-state index is 12.3. The molecule has 3 aromatic rings. The maximum Gasteiger partial charge on any atom is 0.344 e. The molecule has 0 aliphatic heterocycles. The maximum atomic E-state index is 12.3. The molecule has 0 spiro atoms. The molecule has 0 aliphatic rings. The first-order valence-electron chi connectivity index (χ1n) is 8.14. The molecule has 0 saturated heterocycles. The van der Waals surface area contributed by atoms with Gasteiger partial charge in [0.2, 0.25) is 0 Å². The number of ether oxygens (including phenoxy) is 1. The van der Waals surface area contributed by atoms with Crippen LogP contribution in [-0.2, 0) is 0 Å². The standard InChI is InChI=1S/C20H11N3O6/c21-12-13-1-3-14(4-2-13)15-5-7-19(8-6-15)29-20(24)16-9-17(22(25)26)11-18(10-16)23(27)28/h1-11H. The fourth-order valence-corrected chi connectivity index (χ4v) is 2.54. The van der Waals surface area contributed by atoms with Crippen LogP contribution in [0.25, 0.3) is 11.1 Å². The SMILES string of the molecule is N#Cc1ccc(-c2ccc(OC(=O)c3cc([N+](=O)[O-])cc([N+](=O)[O-])c3)cc2)cc1. The smallest absolute Gasteiger partial charge is 0.344 e. The lowest BCUT2D eigenvalue weighted by Gasteiger charge is -2.06. The molecule has 0 aromatic heterocycles. The summed E-state index contributed by atoms with van der Waals surface area (Å²) in [7, 11) is 0. The summed E-state index contributed by atoms with van der Waals surface area (Å²) >= 11 is 0. The molecule has 0 N–H and O–H groups in total. The largest absolute Gasteiger partial charge is 0.423 e. The second-order valence-corrected chi connectivity index (χ2v) is 5.86. The third kappa shape index (κ3) is 4.40. The molecule has 0 heterocycles. The van der Waals surface area contributed by atoms with Gasteiger partial charge in [-0.3, -0.25) is 20.2 Å². The van der Waals surface area contributed by atoms with E-state index in [9.17, 15) is 25.0 Å². The van der Waals surface area contributed by atoms with Crippen LogP contribution in [0.4, 0.5) is 11.4 Å². The van der Waals surface area contributed by atoms with E-state index in [1.165, 1.54) is 12.1 Å². The Labute approximate surface area is 163 Å². The Kier molecular flexibility index (Phi) is 5.28. The second-order valence-electron chi connectivity index (χ2n) is 5.86. The highest BCUT2D eigenvalue weighted by Crippen LogP contribution is 2.26. The fraction of sp³-hybridized carbons (Fsp3) is 0.